The zero-order valence-electron chi connectivity index (χ0n) is 14.3. The predicted molar refractivity (Wildman–Crippen MR) is 98.4 cm³/mol. The molecule has 12 heteroatoms. The first-order valence-electron chi connectivity index (χ1n) is 7.68. The van der Waals surface area contributed by atoms with Crippen molar-refractivity contribution in [2.45, 2.75) is 17.8 Å². The molecule has 0 aliphatic carbocycles. The van der Waals surface area contributed by atoms with Crippen LogP contribution in [0.5, 0.6) is 0 Å². The van der Waals surface area contributed by atoms with E-state index in [9.17, 15) is 27.6 Å². The molecule has 1 aromatic carbocycles. The lowest BCUT2D eigenvalue weighted by Gasteiger charge is -2.11. The predicted octanol–water partition coefficient (Wildman–Crippen LogP) is 2.46. The standard InChI is InChI=1S/C16H14ClF3N4O3S/c1-21-12(25)5-9-6-13(26)24-15(22-9)28-7-14(27)23-11-4-8(16(18,19)20)2-3-10(11)17/h2-4,6H,5,7H2,1H3,(H,21,25)(H,23,27)(H,22,24,26). The van der Waals surface area contributed by atoms with Crippen molar-refractivity contribution in [1.29, 1.82) is 0 Å². The molecule has 0 unspecified atom stereocenters. The molecule has 2 amide bonds. The summed E-state index contributed by atoms with van der Waals surface area (Å²) in [6, 6.07) is 3.73. The summed E-state index contributed by atoms with van der Waals surface area (Å²) in [5, 5.41) is 4.73. The number of nitrogens with one attached hydrogen (secondary N) is 3. The largest absolute Gasteiger partial charge is 0.416 e. The summed E-state index contributed by atoms with van der Waals surface area (Å²) < 4.78 is 38.3. The van der Waals surface area contributed by atoms with Crippen LogP contribution in [0.1, 0.15) is 11.3 Å². The van der Waals surface area contributed by atoms with Gasteiger partial charge in [0, 0.05) is 13.1 Å². The lowest BCUT2D eigenvalue weighted by molar-refractivity contribution is -0.137. The first-order chi connectivity index (χ1) is 13.1. The molecule has 2 aromatic rings. The molecular formula is C16H14ClF3N4O3S. The van der Waals surface area contributed by atoms with Crippen LogP contribution in [0.15, 0.2) is 34.2 Å². The van der Waals surface area contributed by atoms with E-state index in [1.165, 1.54) is 7.05 Å². The second-order valence-electron chi connectivity index (χ2n) is 5.42. The zero-order chi connectivity index (χ0) is 20.9. The van der Waals surface area contributed by atoms with Gasteiger partial charge >= 0.3 is 6.18 Å². The number of aromatic nitrogens is 2. The van der Waals surface area contributed by atoms with Crippen molar-refractivity contribution < 1.29 is 22.8 Å². The number of rotatable bonds is 6. The average Bonchev–Trinajstić information content (AvgIpc) is 2.60. The molecule has 7 nitrogen and oxygen atoms in total. The molecule has 0 saturated carbocycles. The first-order valence-corrected chi connectivity index (χ1v) is 9.05. The van der Waals surface area contributed by atoms with Crippen LogP contribution in [-0.2, 0) is 22.2 Å². The maximum atomic E-state index is 12.8. The third-order valence-corrected chi connectivity index (χ3v) is 4.50. The van der Waals surface area contributed by atoms with E-state index in [2.05, 4.69) is 20.6 Å². The summed E-state index contributed by atoms with van der Waals surface area (Å²) in [4.78, 5) is 41.5. The van der Waals surface area contributed by atoms with Crippen LogP contribution in [0.2, 0.25) is 5.02 Å². The van der Waals surface area contributed by atoms with Gasteiger partial charge in [0.2, 0.25) is 11.8 Å². The van der Waals surface area contributed by atoms with Gasteiger partial charge in [-0.05, 0) is 18.2 Å². The van der Waals surface area contributed by atoms with Crippen molar-refractivity contribution in [2.75, 3.05) is 18.1 Å². The second-order valence-corrected chi connectivity index (χ2v) is 6.79. The number of amides is 2. The fourth-order valence-electron chi connectivity index (χ4n) is 2.01. The van der Waals surface area contributed by atoms with Gasteiger partial charge in [0.15, 0.2) is 5.16 Å². The average molecular weight is 435 g/mol. The molecule has 0 radical (unpaired) electrons. The fourth-order valence-corrected chi connectivity index (χ4v) is 2.87. The molecule has 0 spiro atoms. The summed E-state index contributed by atoms with van der Waals surface area (Å²) in [6.07, 6.45) is -4.69. The Bertz CT molecular complexity index is 949. The normalized spacial score (nSPS) is 11.2. The Morgan fingerprint density at radius 3 is 2.61 bits per heavy atom. The van der Waals surface area contributed by atoms with E-state index in [1.54, 1.807) is 0 Å². The quantitative estimate of drug-likeness (QED) is 0.478. The monoisotopic (exact) mass is 434 g/mol. The number of alkyl halides is 3. The van der Waals surface area contributed by atoms with Crippen LogP contribution in [0.25, 0.3) is 0 Å². The van der Waals surface area contributed by atoms with Crippen molar-refractivity contribution in [2.24, 2.45) is 0 Å². The van der Waals surface area contributed by atoms with E-state index in [0.29, 0.717) is 0 Å². The minimum atomic E-state index is -4.58. The number of H-pyrrole nitrogens is 1. The summed E-state index contributed by atoms with van der Waals surface area (Å²) in [7, 11) is 1.44. The maximum absolute atomic E-state index is 12.8. The highest BCUT2D eigenvalue weighted by atomic mass is 35.5. The molecule has 150 valence electrons. The van der Waals surface area contributed by atoms with Crippen molar-refractivity contribution in [3.05, 3.63) is 50.9 Å². The minimum absolute atomic E-state index is 0.0505. The van der Waals surface area contributed by atoms with E-state index in [1.807, 2.05) is 0 Å². The molecule has 0 atom stereocenters. The molecule has 28 heavy (non-hydrogen) atoms. The Balaban J connectivity index is 2.05. The van der Waals surface area contributed by atoms with Gasteiger partial charge in [-0.25, -0.2) is 4.98 Å². The third-order valence-electron chi connectivity index (χ3n) is 3.30. The van der Waals surface area contributed by atoms with E-state index in [-0.39, 0.29) is 39.6 Å². The molecule has 1 heterocycles. The summed E-state index contributed by atoms with van der Waals surface area (Å²) >= 11 is 6.68. The Morgan fingerprint density at radius 1 is 1.25 bits per heavy atom. The van der Waals surface area contributed by atoms with Crippen LogP contribution >= 0.6 is 23.4 Å². The highest BCUT2D eigenvalue weighted by Gasteiger charge is 2.31. The first kappa shape index (κ1) is 21.8. The molecule has 3 N–H and O–H groups in total. The number of carbonyl (C=O) groups is 2. The third kappa shape index (κ3) is 6.27. The van der Waals surface area contributed by atoms with E-state index in [0.717, 1.165) is 36.0 Å². The number of aromatic amines is 1. The van der Waals surface area contributed by atoms with Crippen LogP contribution in [0.4, 0.5) is 18.9 Å². The zero-order valence-corrected chi connectivity index (χ0v) is 15.9. The van der Waals surface area contributed by atoms with Gasteiger partial charge in [-0.1, -0.05) is 23.4 Å². The van der Waals surface area contributed by atoms with E-state index < -0.39 is 23.2 Å². The fraction of sp³-hybridized carbons (Fsp3) is 0.250. The Kier molecular flexibility index (Phi) is 7.08. The Labute approximate surface area is 166 Å². The number of nitrogens with zero attached hydrogens (tertiary/aromatic N) is 1. The van der Waals surface area contributed by atoms with Gasteiger partial charge in [-0.3, -0.25) is 14.4 Å². The topological polar surface area (TPSA) is 104 Å². The molecule has 0 saturated heterocycles. The number of hydrogen-bond acceptors (Lipinski definition) is 5. The SMILES string of the molecule is CNC(=O)Cc1cc(=O)[nH]c(SCC(=O)Nc2cc(C(F)(F)F)ccc2Cl)n1. The van der Waals surface area contributed by atoms with Gasteiger partial charge in [0.1, 0.15) is 0 Å². The van der Waals surface area contributed by atoms with Crippen LogP contribution in [0.3, 0.4) is 0 Å². The lowest BCUT2D eigenvalue weighted by Crippen LogP contribution is -2.22. The van der Waals surface area contributed by atoms with Crippen LogP contribution in [0, 0.1) is 0 Å². The molecule has 1 aromatic heterocycles. The van der Waals surface area contributed by atoms with Crippen LogP contribution in [-0.4, -0.2) is 34.6 Å². The molecule has 2 rings (SSSR count). The van der Waals surface area contributed by atoms with Gasteiger partial charge < -0.3 is 15.6 Å². The number of hydrogen-bond donors (Lipinski definition) is 3. The Morgan fingerprint density at radius 2 is 1.96 bits per heavy atom. The van der Waals surface area contributed by atoms with Crippen molar-refractivity contribution in [1.82, 2.24) is 15.3 Å². The minimum Gasteiger partial charge on any atom is -0.359 e. The van der Waals surface area contributed by atoms with Crippen molar-refractivity contribution in [3.63, 3.8) is 0 Å². The Hall–Kier alpha value is -2.53. The summed E-state index contributed by atoms with van der Waals surface area (Å²) in [5.41, 5.74) is -1.42. The highest BCUT2D eigenvalue weighted by molar-refractivity contribution is 7.99. The maximum Gasteiger partial charge on any atom is 0.416 e. The molecule has 0 aliphatic rings. The van der Waals surface area contributed by atoms with Gasteiger partial charge in [-0.2, -0.15) is 13.2 Å². The van der Waals surface area contributed by atoms with E-state index >= 15 is 0 Å². The molecule has 0 fully saturated rings. The number of anilines is 1. The second kappa shape index (κ2) is 9.11. The van der Waals surface area contributed by atoms with Gasteiger partial charge in [-0.15, -0.1) is 0 Å². The number of benzene rings is 1. The summed E-state index contributed by atoms with van der Waals surface area (Å²) in [6.45, 7) is 0. The van der Waals surface area contributed by atoms with Crippen molar-refractivity contribution in [3.8, 4) is 0 Å². The molecule has 0 bridgehead atoms. The number of halogens is 4. The van der Waals surface area contributed by atoms with Gasteiger partial charge in [0.05, 0.1) is 34.1 Å². The highest BCUT2D eigenvalue weighted by Crippen LogP contribution is 2.33. The van der Waals surface area contributed by atoms with Gasteiger partial charge in [0.25, 0.3) is 5.56 Å². The van der Waals surface area contributed by atoms with Crippen LogP contribution < -0.4 is 16.2 Å². The summed E-state index contributed by atoms with van der Waals surface area (Å²) in [5.74, 6) is -1.24. The number of thioether (sulfide) groups is 1. The number of likely N-dealkylation sites (N-methyl/N-ethyl adjacent to an activating group) is 1. The molecular weight excluding hydrogens is 421 g/mol. The van der Waals surface area contributed by atoms with E-state index in [4.69, 9.17) is 11.6 Å². The molecule has 0 aliphatic heterocycles. The number of carbonyl (C=O) groups excluding carboxylic acids is 2. The lowest BCUT2D eigenvalue weighted by atomic mass is 10.2. The smallest absolute Gasteiger partial charge is 0.359 e. The van der Waals surface area contributed by atoms with Crippen molar-refractivity contribution >= 4 is 40.9 Å².